The van der Waals surface area contributed by atoms with E-state index in [2.05, 4.69) is 53.6 Å². The summed E-state index contributed by atoms with van der Waals surface area (Å²) >= 11 is 0. The van der Waals surface area contributed by atoms with Gasteiger partial charge in [-0.2, -0.15) is 0 Å². The van der Waals surface area contributed by atoms with Gasteiger partial charge in [-0.15, -0.1) is 0 Å². The summed E-state index contributed by atoms with van der Waals surface area (Å²) in [5.74, 6) is -0.945. The minimum Gasteiger partial charge on any atom is -0.493 e. The minimum atomic E-state index is -1.14. The van der Waals surface area contributed by atoms with Crippen LogP contribution in [0.1, 0.15) is 62.4 Å². The molecule has 0 unspecified atom stereocenters. The molecule has 6 aromatic carbocycles. The van der Waals surface area contributed by atoms with Crippen molar-refractivity contribution in [2.24, 2.45) is 5.41 Å². The summed E-state index contributed by atoms with van der Waals surface area (Å²) < 4.78 is 11.0. The fourth-order valence-corrected chi connectivity index (χ4v) is 6.01. The Morgan fingerprint density at radius 3 is 1.74 bits per heavy atom. The zero-order valence-corrected chi connectivity index (χ0v) is 33.0. The van der Waals surface area contributed by atoms with Crippen LogP contribution in [0.25, 0.3) is 0 Å². The van der Waals surface area contributed by atoms with Crippen LogP contribution in [0, 0.1) is 5.41 Å². The van der Waals surface area contributed by atoms with Crippen molar-refractivity contribution in [1.82, 2.24) is 0 Å². The Morgan fingerprint density at radius 2 is 1.19 bits per heavy atom. The number of hydrogen-bond donors (Lipinski definition) is 4. The molecule has 10 heteroatoms. The molecule has 6 aromatic rings. The fourth-order valence-electron chi connectivity index (χ4n) is 6.01. The quantitative estimate of drug-likeness (QED) is 0.0557. The molecule has 10 nitrogen and oxygen atoms in total. The van der Waals surface area contributed by atoms with E-state index in [1.807, 2.05) is 91.7 Å². The molecule has 0 aliphatic rings. The number of methoxy groups -OCH3 is 1. The maximum atomic E-state index is 12.9. The number of hydrogen-bond acceptors (Lipinski definition) is 8. The molecule has 0 saturated heterocycles. The van der Waals surface area contributed by atoms with Crippen LogP contribution in [0.4, 0.5) is 17.1 Å². The van der Waals surface area contributed by atoms with Crippen LogP contribution in [0.2, 0.25) is 0 Å². The molecule has 0 fully saturated rings. The zero-order chi connectivity index (χ0) is 41.8. The molecule has 0 aliphatic heterocycles. The van der Waals surface area contributed by atoms with Gasteiger partial charge in [-0.05, 0) is 89.7 Å². The van der Waals surface area contributed by atoms with Gasteiger partial charge in [0.05, 0.1) is 24.3 Å². The van der Waals surface area contributed by atoms with Crippen molar-refractivity contribution in [3.05, 3.63) is 191 Å². The molecule has 58 heavy (non-hydrogen) atoms. The third-order valence-electron chi connectivity index (χ3n) is 8.79. The van der Waals surface area contributed by atoms with Gasteiger partial charge in [-0.1, -0.05) is 111 Å². The molecule has 0 atom stereocenters. The lowest BCUT2D eigenvalue weighted by molar-refractivity contribution is -0.252. The molecule has 0 bridgehead atoms. The number of aromatic carboxylic acids is 1. The SMILES string of the molecule is C=O.COCC(C)(C)COc1ccc(NC(=O)c2cc(Cc3ccccc3)ccc2C(=O)O)cc1.OOCc1ccc(Cc2ccccc2)cc1Nc1ccccc1. The highest BCUT2D eigenvalue weighted by molar-refractivity contribution is 6.10. The second-order valence-electron chi connectivity index (χ2n) is 14.1. The molecular weight excluding hydrogens is 733 g/mol. The van der Waals surface area contributed by atoms with Crippen LogP contribution in [0.3, 0.4) is 0 Å². The minimum absolute atomic E-state index is 0.0374. The Kier molecular flexibility index (Phi) is 17.4. The number of carbonyl (C=O) groups excluding carboxylic acids is 2. The third kappa shape index (κ3) is 14.2. The average Bonchev–Trinajstić information content (AvgIpc) is 3.23. The van der Waals surface area contributed by atoms with Crippen molar-refractivity contribution in [2.75, 3.05) is 31.0 Å². The fraction of sp³-hybridized carbons (Fsp3) is 0.188. The Labute approximate surface area is 340 Å². The summed E-state index contributed by atoms with van der Waals surface area (Å²) in [5.41, 5.74) is 7.78. The summed E-state index contributed by atoms with van der Waals surface area (Å²) in [6, 6.07) is 48.1. The Hall–Kier alpha value is -6.59. The predicted octanol–water partition coefficient (Wildman–Crippen LogP) is 10.1. The van der Waals surface area contributed by atoms with E-state index in [4.69, 9.17) is 19.5 Å². The molecule has 0 heterocycles. The monoisotopic (exact) mass is 782 g/mol. The van der Waals surface area contributed by atoms with Gasteiger partial charge in [0.25, 0.3) is 5.91 Å². The van der Waals surface area contributed by atoms with E-state index in [1.165, 1.54) is 17.2 Å². The van der Waals surface area contributed by atoms with Gasteiger partial charge in [0, 0.05) is 35.2 Å². The number of rotatable bonds is 16. The maximum absolute atomic E-state index is 12.9. The topological polar surface area (TPSA) is 143 Å². The van der Waals surface area contributed by atoms with Crippen molar-refractivity contribution < 1.29 is 39.1 Å². The van der Waals surface area contributed by atoms with Crippen molar-refractivity contribution in [3.8, 4) is 5.75 Å². The first kappa shape index (κ1) is 44.1. The predicted molar refractivity (Wildman–Crippen MR) is 228 cm³/mol. The lowest BCUT2D eigenvalue weighted by Crippen LogP contribution is -2.26. The summed E-state index contributed by atoms with van der Waals surface area (Å²) in [7, 11) is 1.66. The van der Waals surface area contributed by atoms with Gasteiger partial charge in [0.15, 0.2) is 0 Å². The van der Waals surface area contributed by atoms with Crippen LogP contribution in [0.5, 0.6) is 5.75 Å². The number of nitrogens with one attached hydrogen (secondary N) is 2. The lowest BCUT2D eigenvalue weighted by Gasteiger charge is -2.23. The molecule has 300 valence electrons. The number of para-hydroxylation sites is 1. The van der Waals surface area contributed by atoms with Crippen LogP contribution in [0.15, 0.2) is 152 Å². The molecule has 4 N–H and O–H groups in total. The highest BCUT2D eigenvalue weighted by Crippen LogP contribution is 2.25. The summed E-state index contributed by atoms with van der Waals surface area (Å²) in [4.78, 5) is 36.9. The summed E-state index contributed by atoms with van der Waals surface area (Å²) in [6.45, 7) is 7.33. The molecule has 0 aromatic heterocycles. The number of carboxylic acid groups (broad SMARTS) is 1. The van der Waals surface area contributed by atoms with E-state index in [0.29, 0.717) is 31.1 Å². The van der Waals surface area contributed by atoms with Gasteiger partial charge in [-0.3, -0.25) is 10.1 Å². The van der Waals surface area contributed by atoms with Gasteiger partial charge in [0.2, 0.25) is 0 Å². The van der Waals surface area contributed by atoms with E-state index >= 15 is 0 Å². The molecule has 1 amide bonds. The second-order valence-corrected chi connectivity index (χ2v) is 14.1. The maximum Gasteiger partial charge on any atom is 0.336 e. The summed E-state index contributed by atoms with van der Waals surface area (Å²) in [6.07, 6.45) is 1.47. The Balaban J connectivity index is 0.000000260. The average molecular weight is 783 g/mol. The Morgan fingerprint density at radius 1 is 0.638 bits per heavy atom. The number of benzene rings is 6. The standard InChI is InChI=1S/C27H29NO5.C20H19NO2.CH2O/c1-27(2,17-32-3)18-33-22-12-10-21(11-13-22)28-25(29)24-16-20(9-14-23(24)26(30)31)15-19-7-5-4-6-8-19;22-23-15-18-12-11-17(13-16-7-3-1-4-8-16)14-20(18)21-19-9-5-2-6-10-19;1-2/h4-14,16H,15,17-18H2,1-3H3,(H,28,29)(H,30,31);1-12,14,21-22H,13,15H2;1H2. The highest BCUT2D eigenvalue weighted by Gasteiger charge is 2.20. The summed E-state index contributed by atoms with van der Waals surface area (Å²) in [5, 5.41) is 24.5. The van der Waals surface area contributed by atoms with Crippen molar-refractivity contribution in [3.63, 3.8) is 0 Å². The molecule has 0 radical (unpaired) electrons. The van der Waals surface area contributed by atoms with Crippen molar-refractivity contribution in [1.29, 1.82) is 0 Å². The zero-order valence-electron chi connectivity index (χ0n) is 33.0. The molecule has 6 rings (SSSR count). The van der Waals surface area contributed by atoms with Crippen molar-refractivity contribution >= 4 is 35.7 Å². The number of anilines is 3. The number of amides is 1. The van der Waals surface area contributed by atoms with E-state index in [0.717, 1.165) is 34.5 Å². The van der Waals surface area contributed by atoms with Crippen LogP contribution in [-0.2, 0) is 33.9 Å². The molecule has 0 aliphatic carbocycles. The number of carboxylic acids is 1. The number of ether oxygens (including phenoxy) is 2. The number of carbonyl (C=O) groups is 3. The van der Waals surface area contributed by atoms with E-state index in [9.17, 15) is 14.7 Å². The first-order valence-electron chi connectivity index (χ1n) is 18.6. The largest absolute Gasteiger partial charge is 0.493 e. The third-order valence-corrected chi connectivity index (χ3v) is 8.79. The smallest absolute Gasteiger partial charge is 0.336 e. The van der Waals surface area contributed by atoms with E-state index in [-0.39, 0.29) is 23.1 Å². The second kappa shape index (κ2) is 22.8. The van der Waals surface area contributed by atoms with Crippen molar-refractivity contribution in [2.45, 2.75) is 33.3 Å². The molecule has 0 spiro atoms. The van der Waals surface area contributed by atoms with E-state index in [1.54, 1.807) is 43.5 Å². The first-order valence-corrected chi connectivity index (χ1v) is 18.6. The van der Waals surface area contributed by atoms with Crippen LogP contribution >= 0.6 is 0 Å². The van der Waals surface area contributed by atoms with Gasteiger partial charge in [-0.25, -0.2) is 9.68 Å². The normalized spacial score (nSPS) is 10.6. The Bertz CT molecular complexity index is 2160. The molecular formula is C48H50N2O8. The van der Waals surface area contributed by atoms with Gasteiger partial charge >= 0.3 is 5.97 Å². The van der Waals surface area contributed by atoms with Gasteiger partial charge in [0.1, 0.15) is 19.1 Å². The first-order chi connectivity index (χ1) is 28.1. The van der Waals surface area contributed by atoms with Crippen LogP contribution in [-0.4, -0.2) is 49.4 Å². The molecule has 0 saturated carbocycles. The van der Waals surface area contributed by atoms with Gasteiger partial charge < -0.3 is 30.0 Å². The lowest BCUT2D eigenvalue weighted by atomic mass is 9.96. The van der Waals surface area contributed by atoms with Crippen LogP contribution < -0.4 is 15.4 Å². The highest BCUT2D eigenvalue weighted by atomic mass is 17.1. The van der Waals surface area contributed by atoms with E-state index < -0.39 is 11.9 Å².